The number of nitrogens with zero attached hydrogens (tertiary/aromatic N) is 1. The van der Waals surface area contributed by atoms with E-state index < -0.39 is 17.8 Å². The Kier molecular flexibility index (Phi) is 3.49. The smallest absolute Gasteiger partial charge is 0.329 e. The number of fused-ring (bicyclic) bond motifs is 1. The molecule has 2 atom stereocenters. The van der Waals surface area contributed by atoms with E-state index in [1.165, 1.54) is 0 Å². The van der Waals surface area contributed by atoms with Gasteiger partial charge in [-0.3, -0.25) is 9.59 Å². The van der Waals surface area contributed by atoms with Crippen molar-refractivity contribution >= 4 is 17.8 Å². The minimum atomic E-state index is -0.560. The molecule has 1 aliphatic carbocycles. The maximum atomic E-state index is 12.2. The summed E-state index contributed by atoms with van der Waals surface area (Å²) in [5, 5.41) is 0.609. The topological polar surface area (TPSA) is 63.7 Å². The van der Waals surface area contributed by atoms with Gasteiger partial charge in [0.25, 0.3) is 11.8 Å². The van der Waals surface area contributed by atoms with Crippen LogP contribution < -0.4 is 0 Å². The molecule has 110 valence electrons. The lowest BCUT2D eigenvalue weighted by atomic mass is 9.94. The van der Waals surface area contributed by atoms with Crippen molar-refractivity contribution in [3.63, 3.8) is 0 Å². The minimum Gasteiger partial charge on any atom is -0.329 e. The second kappa shape index (κ2) is 5.31. The van der Waals surface area contributed by atoms with Gasteiger partial charge in [0.1, 0.15) is 0 Å². The van der Waals surface area contributed by atoms with Crippen LogP contribution in [0.15, 0.2) is 24.3 Å². The van der Waals surface area contributed by atoms with Crippen LogP contribution in [0.1, 0.15) is 53.3 Å². The van der Waals surface area contributed by atoms with Gasteiger partial charge in [-0.1, -0.05) is 37.0 Å². The second-order valence-corrected chi connectivity index (χ2v) is 5.57. The van der Waals surface area contributed by atoms with E-state index in [1.807, 2.05) is 6.92 Å². The van der Waals surface area contributed by atoms with E-state index in [0.29, 0.717) is 5.06 Å². The predicted octanol–water partition coefficient (Wildman–Crippen LogP) is 2.57. The highest BCUT2D eigenvalue weighted by atomic mass is 16.7. The Bertz CT molecular complexity index is 575. The molecule has 1 aliphatic heterocycles. The van der Waals surface area contributed by atoms with E-state index >= 15 is 0 Å². The molecule has 5 heteroatoms. The van der Waals surface area contributed by atoms with Crippen molar-refractivity contribution in [2.45, 2.75) is 32.6 Å². The van der Waals surface area contributed by atoms with Gasteiger partial charge in [0, 0.05) is 0 Å². The van der Waals surface area contributed by atoms with Crippen LogP contribution in [0.5, 0.6) is 0 Å². The number of hydroxylamine groups is 2. The molecule has 2 aliphatic rings. The van der Waals surface area contributed by atoms with Gasteiger partial charge < -0.3 is 4.84 Å². The van der Waals surface area contributed by atoms with E-state index in [2.05, 4.69) is 0 Å². The molecular formula is C16H17NO4. The van der Waals surface area contributed by atoms with Crippen LogP contribution in [-0.2, 0) is 9.63 Å². The third-order valence-corrected chi connectivity index (χ3v) is 4.42. The van der Waals surface area contributed by atoms with Crippen LogP contribution in [0.3, 0.4) is 0 Å². The summed E-state index contributed by atoms with van der Waals surface area (Å²) in [6.07, 6.45) is 3.65. The summed E-state index contributed by atoms with van der Waals surface area (Å²) in [7, 11) is 0. The Hall–Kier alpha value is -2.17. The zero-order chi connectivity index (χ0) is 15.0. The lowest BCUT2D eigenvalue weighted by Crippen LogP contribution is -2.35. The fourth-order valence-corrected chi connectivity index (χ4v) is 3.24. The molecule has 0 bridgehead atoms. The van der Waals surface area contributed by atoms with E-state index in [9.17, 15) is 14.4 Å². The largest absolute Gasteiger partial charge is 0.336 e. The molecule has 1 aromatic carbocycles. The Morgan fingerprint density at radius 2 is 1.81 bits per heavy atom. The summed E-state index contributed by atoms with van der Waals surface area (Å²) in [6, 6.07) is 6.49. The Labute approximate surface area is 122 Å². The summed E-state index contributed by atoms with van der Waals surface area (Å²) >= 11 is 0. The second-order valence-electron chi connectivity index (χ2n) is 5.57. The maximum absolute atomic E-state index is 12.2. The van der Waals surface area contributed by atoms with Gasteiger partial charge >= 0.3 is 5.97 Å². The van der Waals surface area contributed by atoms with E-state index in [-0.39, 0.29) is 23.0 Å². The number of carbonyl (C=O) groups is 3. The quantitative estimate of drug-likeness (QED) is 0.801. The maximum Gasteiger partial charge on any atom is 0.336 e. The normalized spacial score (nSPS) is 24.3. The average Bonchev–Trinajstić information content (AvgIpc) is 3.07. The zero-order valence-electron chi connectivity index (χ0n) is 11.9. The summed E-state index contributed by atoms with van der Waals surface area (Å²) < 4.78 is 0. The van der Waals surface area contributed by atoms with Crippen LogP contribution in [0.4, 0.5) is 0 Å². The van der Waals surface area contributed by atoms with Crippen LogP contribution in [0.2, 0.25) is 0 Å². The van der Waals surface area contributed by atoms with E-state index in [0.717, 1.165) is 25.7 Å². The Balaban J connectivity index is 1.76. The highest BCUT2D eigenvalue weighted by molar-refractivity contribution is 6.20. The Morgan fingerprint density at radius 1 is 1.19 bits per heavy atom. The van der Waals surface area contributed by atoms with Gasteiger partial charge in [-0.15, -0.1) is 0 Å². The number of amides is 2. The molecule has 3 rings (SSSR count). The van der Waals surface area contributed by atoms with Crippen molar-refractivity contribution in [2.75, 3.05) is 0 Å². The van der Waals surface area contributed by atoms with Crippen molar-refractivity contribution < 1.29 is 19.2 Å². The first-order valence-electron chi connectivity index (χ1n) is 7.33. The number of benzene rings is 1. The first-order chi connectivity index (χ1) is 10.1. The summed E-state index contributed by atoms with van der Waals surface area (Å²) in [5.41, 5.74) is 0.572. The highest BCUT2D eigenvalue weighted by Gasteiger charge is 2.41. The zero-order valence-corrected chi connectivity index (χ0v) is 11.9. The van der Waals surface area contributed by atoms with Gasteiger partial charge in [0.05, 0.1) is 17.0 Å². The predicted molar refractivity (Wildman–Crippen MR) is 74.2 cm³/mol. The molecule has 1 heterocycles. The van der Waals surface area contributed by atoms with E-state index in [4.69, 9.17) is 4.84 Å². The van der Waals surface area contributed by atoms with Gasteiger partial charge in [0.2, 0.25) is 0 Å². The molecule has 2 unspecified atom stereocenters. The summed E-state index contributed by atoms with van der Waals surface area (Å²) in [4.78, 5) is 41.6. The van der Waals surface area contributed by atoms with Crippen LogP contribution in [0.25, 0.3) is 0 Å². The van der Waals surface area contributed by atoms with Crippen LogP contribution in [-0.4, -0.2) is 22.8 Å². The van der Waals surface area contributed by atoms with Crippen LogP contribution in [0, 0.1) is 11.8 Å². The molecule has 1 aromatic rings. The van der Waals surface area contributed by atoms with Gasteiger partial charge in [0.15, 0.2) is 0 Å². The number of carbonyl (C=O) groups excluding carboxylic acids is 3. The van der Waals surface area contributed by atoms with Gasteiger partial charge in [-0.25, -0.2) is 4.79 Å². The minimum absolute atomic E-state index is 0.209. The molecule has 0 saturated heterocycles. The first-order valence-corrected chi connectivity index (χ1v) is 7.33. The van der Waals surface area contributed by atoms with Gasteiger partial charge in [-0.05, 0) is 30.9 Å². The van der Waals surface area contributed by atoms with Crippen molar-refractivity contribution in [2.24, 2.45) is 11.8 Å². The molecule has 1 fully saturated rings. The summed E-state index contributed by atoms with van der Waals surface area (Å²) in [6.45, 7) is 2.04. The van der Waals surface area contributed by atoms with Crippen molar-refractivity contribution in [3.05, 3.63) is 35.4 Å². The lowest BCUT2D eigenvalue weighted by Gasteiger charge is -2.19. The van der Waals surface area contributed by atoms with Crippen molar-refractivity contribution in [3.8, 4) is 0 Å². The lowest BCUT2D eigenvalue weighted by molar-refractivity contribution is -0.175. The molecule has 0 radical (unpaired) electrons. The monoisotopic (exact) mass is 287 g/mol. The summed E-state index contributed by atoms with van der Waals surface area (Å²) in [5.74, 6) is -1.51. The average molecular weight is 287 g/mol. The molecule has 2 amide bonds. The fraction of sp³-hybridized carbons (Fsp3) is 0.438. The molecule has 5 nitrogen and oxygen atoms in total. The number of imide groups is 1. The molecule has 21 heavy (non-hydrogen) atoms. The fourth-order valence-electron chi connectivity index (χ4n) is 3.24. The third kappa shape index (κ3) is 2.22. The van der Waals surface area contributed by atoms with Crippen molar-refractivity contribution in [1.82, 2.24) is 5.06 Å². The highest BCUT2D eigenvalue weighted by Crippen LogP contribution is 2.35. The first kappa shape index (κ1) is 13.8. The van der Waals surface area contributed by atoms with E-state index in [1.54, 1.807) is 24.3 Å². The molecule has 0 N–H and O–H groups in total. The van der Waals surface area contributed by atoms with Gasteiger partial charge in [-0.2, -0.15) is 0 Å². The third-order valence-electron chi connectivity index (χ3n) is 4.42. The number of rotatable bonds is 3. The van der Waals surface area contributed by atoms with Crippen LogP contribution >= 0.6 is 0 Å². The molecule has 0 spiro atoms. The molecule has 1 saturated carbocycles. The molecule has 0 aromatic heterocycles. The number of hydrogen-bond donors (Lipinski definition) is 0. The standard InChI is InChI=1S/C16H17NO4/c1-2-10-6-5-9-11(10)16(20)21-17-14(18)12-7-3-4-8-13(12)15(17)19/h3-4,7-8,10-11H,2,5-6,9H2,1H3. The molecular weight excluding hydrogens is 270 g/mol. The SMILES string of the molecule is CCC1CCCC1C(=O)ON1C(=O)c2ccccc2C1=O. The number of hydrogen-bond acceptors (Lipinski definition) is 4. The van der Waals surface area contributed by atoms with Crippen molar-refractivity contribution in [1.29, 1.82) is 0 Å². The Morgan fingerprint density at radius 3 is 2.38 bits per heavy atom.